The molecule has 0 aliphatic heterocycles. The van der Waals surface area contributed by atoms with Crippen LogP contribution in [0.3, 0.4) is 0 Å². The summed E-state index contributed by atoms with van der Waals surface area (Å²) >= 11 is 0. The number of nitrogens with two attached hydrogens (primary N) is 1. The van der Waals surface area contributed by atoms with Crippen LogP contribution in [0.4, 0.5) is 5.82 Å². The summed E-state index contributed by atoms with van der Waals surface area (Å²) in [6.45, 7) is 2.08. The van der Waals surface area contributed by atoms with E-state index in [2.05, 4.69) is 32.4 Å². The van der Waals surface area contributed by atoms with Gasteiger partial charge >= 0.3 is 0 Å². The van der Waals surface area contributed by atoms with Crippen molar-refractivity contribution in [3.05, 3.63) is 12.0 Å². The number of hydrogen-bond acceptors (Lipinski definition) is 5. The van der Waals surface area contributed by atoms with Gasteiger partial charge in [-0.15, -0.1) is 0 Å². The molecule has 0 aromatic carbocycles. The summed E-state index contributed by atoms with van der Waals surface area (Å²) in [5.41, 5.74) is 8.76. The average molecular weight is 260 g/mol. The standard InChI is InChI=1S/C13H20N6/c1-2-10-11-12(19-18-10)13(16-7-15-11)17-9-5-3-8(14)4-6-9/h7-9H,2-6,14H2,1H3,(H,18,19)(H,15,16,17)/t8-,9-. The number of fused-ring (bicyclic) bond motifs is 1. The Hall–Kier alpha value is -1.69. The predicted molar refractivity (Wildman–Crippen MR) is 74.9 cm³/mol. The summed E-state index contributed by atoms with van der Waals surface area (Å²) in [6.07, 6.45) is 6.83. The zero-order chi connectivity index (χ0) is 13.2. The van der Waals surface area contributed by atoms with Crippen molar-refractivity contribution in [3.8, 4) is 0 Å². The maximum atomic E-state index is 5.93. The molecule has 4 N–H and O–H groups in total. The van der Waals surface area contributed by atoms with Crippen molar-refractivity contribution in [2.75, 3.05) is 5.32 Å². The van der Waals surface area contributed by atoms with Gasteiger partial charge < -0.3 is 11.1 Å². The van der Waals surface area contributed by atoms with E-state index in [1.165, 1.54) is 0 Å². The number of H-pyrrole nitrogens is 1. The highest BCUT2D eigenvalue weighted by Gasteiger charge is 2.20. The first-order valence-corrected chi connectivity index (χ1v) is 6.98. The summed E-state index contributed by atoms with van der Waals surface area (Å²) in [5, 5.41) is 10.8. The van der Waals surface area contributed by atoms with Crippen molar-refractivity contribution in [1.82, 2.24) is 20.2 Å². The quantitative estimate of drug-likeness (QED) is 0.779. The molecule has 1 fully saturated rings. The highest BCUT2D eigenvalue weighted by atomic mass is 15.2. The Bertz CT molecular complexity index is 555. The molecule has 1 aliphatic carbocycles. The Kier molecular flexibility index (Phi) is 3.33. The highest BCUT2D eigenvalue weighted by molar-refractivity contribution is 5.86. The fourth-order valence-corrected chi connectivity index (χ4v) is 2.70. The van der Waals surface area contributed by atoms with E-state index in [0.717, 1.165) is 54.6 Å². The molecule has 2 aromatic rings. The number of aromatic nitrogens is 4. The van der Waals surface area contributed by atoms with Crippen molar-refractivity contribution >= 4 is 16.9 Å². The second kappa shape index (κ2) is 5.13. The van der Waals surface area contributed by atoms with Crippen LogP contribution in [-0.4, -0.2) is 32.2 Å². The monoisotopic (exact) mass is 260 g/mol. The molecule has 0 radical (unpaired) electrons. The molecule has 2 aromatic heterocycles. The number of nitrogens with zero attached hydrogens (tertiary/aromatic N) is 3. The average Bonchev–Trinajstić information content (AvgIpc) is 2.85. The zero-order valence-electron chi connectivity index (χ0n) is 11.2. The largest absolute Gasteiger partial charge is 0.365 e. The molecule has 2 heterocycles. The molecule has 0 amide bonds. The van der Waals surface area contributed by atoms with Gasteiger partial charge in [0.05, 0.1) is 5.69 Å². The van der Waals surface area contributed by atoms with Crippen LogP contribution < -0.4 is 11.1 Å². The third kappa shape index (κ3) is 2.40. The van der Waals surface area contributed by atoms with Crippen LogP contribution in [0.1, 0.15) is 38.3 Å². The summed E-state index contributed by atoms with van der Waals surface area (Å²) in [6, 6.07) is 0.814. The van der Waals surface area contributed by atoms with Crippen LogP contribution in [-0.2, 0) is 6.42 Å². The molecule has 102 valence electrons. The second-order valence-corrected chi connectivity index (χ2v) is 5.23. The van der Waals surface area contributed by atoms with Crippen molar-refractivity contribution in [1.29, 1.82) is 0 Å². The molecular weight excluding hydrogens is 240 g/mol. The second-order valence-electron chi connectivity index (χ2n) is 5.23. The van der Waals surface area contributed by atoms with Crippen LogP contribution in [0.5, 0.6) is 0 Å². The summed E-state index contributed by atoms with van der Waals surface area (Å²) in [4.78, 5) is 8.66. The van der Waals surface area contributed by atoms with E-state index in [9.17, 15) is 0 Å². The molecule has 0 bridgehead atoms. The van der Waals surface area contributed by atoms with Gasteiger partial charge in [0.25, 0.3) is 0 Å². The normalized spacial score (nSPS) is 23.7. The third-order valence-electron chi connectivity index (χ3n) is 3.87. The molecule has 3 rings (SSSR count). The lowest BCUT2D eigenvalue weighted by molar-refractivity contribution is 0.410. The van der Waals surface area contributed by atoms with Crippen LogP contribution in [0, 0.1) is 0 Å². The van der Waals surface area contributed by atoms with Gasteiger partial charge in [-0.05, 0) is 32.1 Å². The van der Waals surface area contributed by atoms with E-state index in [0.29, 0.717) is 12.1 Å². The van der Waals surface area contributed by atoms with Gasteiger partial charge in [0, 0.05) is 12.1 Å². The lowest BCUT2D eigenvalue weighted by Crippen LogP contribution is -2.33. The van der Waals surface area contributed by atoms with Gasteiger partial charge in [0.1, 0.15) is 17.4 Å². The Labute approximate surface area is 112 Å². The van der Waals surface area contributed by atoms with Crippen molar-refractivity contribution in [3.63, 3.8) is 0 Å². The van der Waals surface area contributed by atoms with Gasteiger partial charge in [0.15, 0.2) is 5.82 Å². The first kappa shape index (κ1) is 12.3. The lowest BCUT2D eigenvalue weighted by Gasteiger charge is -2.27. The molecule has 0 atom stereocenters. The van der Waals surface area contributed by atoms with Gasteiger partial charge in [0.2, 0.25) is 0 Å². The van der Waals surface area contributed by atoms with E-state index in [1.54, 1.807) is 6.33 Å². The Morgan fingerprint density at radius 1 is 1.32 bits per heavy atom. The number of anilines is 1. The number of aromatic amines is 1. The number of aryl methyl sites for hydroxylation is 1. The molecular formula is C13H20N6. The molecule has 6 heteroatoms. The topological polar surface area (TPSA) is 92.5 Å². The summed E-state index contributed by atoms with van der Waals surface area (Å²) in [5.74, 6) is 0.859. The van der Waals surface area contributed by atoms with Crippen molar-refractivity contribution < 1.29 is 0 Å². The Morgan fingerprint density at radius 2 is 2.11 bits per heavy atom. The van der Waals surface area contributed by atoms with Gasteiger partial charge in [-0.1, -0.05) is 6.92 Å². The van der Waals surface area contributed by atoms with Gasteiger partial charge in [-0.3, -0.25) is 5.10 Å². The molecule has 6 nitrogen and oxygen atoms in total. The van der Waals surface area contributed by atoms with E-state index < -0.39 is 0 Å². The fraction of sp³-hybridized carbons (Fsp3) is 0.615. The van der Waals surface area contributed by atoms with E-state index in [4.69, 9.17) is 5.73 Å². The Morgan fingerprint density at radius 3 is 2.84 bits per heavy atom. The van der Waals surface area contributed by atoms with Gasteiger partial charge in [-0.2, -0.15) is 5.10 Å². The van der Waals surface area contributed by atoms with Crippen LogP contribution in [0.2, 0.25) is 0 Å². The van der Waals surface area contributed by atoms with E-state index in [-0.39, 0.29) is 0 Å². The maximum absolute atomic E-state index is 5.93. The minimum absolute atomic E-state index is 0.363. The fourth-order valence-electron chi connectivity index (χ4n) is 2.70. The molecule has 1 saturated carbocycles. The lowest BCUT2D eigenvalue weighted by atomic mass is 9.92. The van der Waals surface area contributed by atoms with Crippen LogP contribution in [0.25, 0.3) is 11.0 Å². The van der Waals surface area contributed by atoms with Crippen LogP contribution >= 0.6 is 0 Å². The first-order chi connectivity index (χ1) is 9.28. The first-order valence-electron chi connectivity index (χ1n) is 6.98. The van der Waals surface area contributed by atoms with Gasteiger partial charge in [-0.25, -0.2) is 9.97 Å². The highest BCUT2D eigenvalue weighted by Crippen LogP contribution is 2.24. The minimum Gasteiger partial charge on any atom is -0.365 e. The zero-order valence-corrected chi connectivity index (χ0v) is 11.2. The smallest absolute Gasteiger partial charge is 0.155 e. The van der Waals surface area contributed by atoms with E-state index in [1.807, 2.05) is 0 Å². The predicted octanol–water partition coefficient (Wildman–Crippen LogP) is 1.60. The summed E-state index contributed by atoms with van der Waals surface area (Å²) in [7, 11) is 0. The molecule has 19 heavy (non-hydrogen) atoms. The molecule has 0 saturated heterocycles. The molecule has 0 unspecified atom stereocenters. The number of rotatable bonds is 3. The third-order valence-corrected chi connectivity index (χ3v) is 3.87. The van der Waals surface area contributed by atoms with Crippen LogP contribution in [0.15, 0.2) is 6.33 Å². The number of hydrogen-bond donors (Lipinski definition) is 3. The van der Waals surface area contributed by atoms with E-state index >= 15 is 0 Å². The van der Waals surface area contributed by atoms with Crippen molar-refractivity contribution in [2.24, 2.45) is 5.73 Å². The molecule has 1 aliphatic rings. The minimum atomic E-state index is 0.363. The molecule has 0 spiro atoms. The maximum Gasteiger partial charge on any atom is 0.155 e. The van der Waals surface area contributed by atoms with Crippen molar-refractivity contribution in [2.45, 2.75) is 51.1 Å². The Balaban J connectivity index is 1.83. The summed E-state index contributed by atoms with van der Waals surface area (Å²) < 4.78 is 0. The SMILES string of the molecule is CCc1n[nH]c2c(N[C@H]3CC[C@H](N)CC3)ncnc12. The number of nitrogens with one attached hydrogen (secondary N) is 2.